The van der Waals surface area contributed by atoms with Gasteiger partial charge in [-0.05, 0) is 20.3 Å². The highest BCUT2D eigenvalue weighted by Crippen LogP contribution is 2.34. The highest BCUT2D eigenvalue weighted by molar-refractivity contribution is 5.46. The van der Waals surface area contributed by atoms with Crippen molar-refractivity contribution in [3.8, 4) is 0 Å². The van der Waals surface area contributed by atoms with E-state index in [4.69, 9.17) is 9.47 Å². The van der Waals surface area contributed by atoms with Gasteiger partial charge in [-0.2, -0.15) is 18.2 Å². The van der Waals surface area contributed by atoms with Gasteiger partial charge in [0.1, 0.15) is 11.9 Å². The minimum atomic E-state index is -4.41. The maximum atomic E-state index is 13.6. The fourth-order valence-electron chi connectivity index (χ4n) is 3.40. The molecule has 10 heteroatoms. The van der Waals surface area contributed by atoms with Crippen LogP contribution in [-0.4, -0.2) is 67.3 Å². The van der Waals surface area contributed by atoms with E-state index in [9.17, 15) is 18.0 Å². The second-order valence-corrected chi connectivity index (χ2v) is 6.96. The van der Waals surface area contributed by atoms with E-state index in [1.807, 2.05) is 18.7 Å². The van der Waals surface area contributed by atoms with Gasteiger partial charge in [-0.15, -0.1) is 0 Å². The molecule has 3 heterocycles. The van der Waals surface area contributed by atoms with E-state index >= 15 is 0 Å². The lowest BCUT2D eigenvalue weighted by atomic mass is 10.1. The Morgan fingerprint density at radius 3 is 2.63 bits per heavy atom. The second kappa shape index (κ2) is 8.05. The summed E-state index contributed by atoms with van der Waals surface area (Å²) in [5.74, 6) is 0.456. The first-order valence-electron chi connectivity index (χ1n) is 9.17. The number of hydrogen-bond donors (Lipinski definition) is 0. The van der Waals surface area contributed by atoms with Crippen molar-refractivity contribution in [1.82, 2.24) is 9.55 Å². The van der Waals surface area contributed by atoms with Crippen molar-refractivity contribution >= 4 is 11.8 Å². The number of rotatable bonds is 5. The summed E-state index contributed by atoms with van der Waals surface area (Å²) in [7, 11) is 0. The van der Waals surface area contributed by atoms with Crippen LogP contribution in [-0.2, 0) is 16.0 Å². The number of alkyl halides is 3. The number of ether oxygens (including phenoxy) is 2. The minimum Gasteiger partial charge on any atom is -0.378 e. The Bertz CT molecular complexity index is 702. The molecule has 7 nitrogen and oxygen atoms in total. The first-order chi connectivity index (χ1) is 12.8. The Hall–Kier alpha value is -1.81. The van der Waals surface area contributed by atoms with Crippen molar-refractivity contribution in [3.63, 3.8) is 0 Å². The van der Waals surface area contributed by atoms with Gasteiger partial charge in [0, 0.05) is 32.2 Å². The van der Waals surface area contributed by atoms with Gasteiger partial charge >= 0.3 is 6.18 Å². The van der Waals surface area contributed by atoms with Gasteiger partial charge in [-0.1, -0.05) is 0 Å². The summed E-state index contributed by atoms with van der Waals surface area (Å²) in [6.45, 7) is 5.88. The predicted octanol–water partition coefficient (Wildman–Crippen LogP) is 1.65. The number of nitrogens with zero attached hydrogens (tertiary/aromatic N) is 4. The zero-order chi connectivity index (χ0) is 19.6. The van der Waals surface area contributed by atoms with Gasteiger partial charge < -0.3 is 19.3 Å². The SMILES string of the molecule is CC(C)OCCN1c2nc(N3CCOCC3)cc(=O)n2CC[C@H]1C(F)(F)F. The van der Waals surface area contributed by atoms with Crippen LogP contribution < -0.4 is 15.4 Å². The monoisotopic (exact) mass is 390 g/mol. The van der Waals surface area contributed by atoms with Gasteiger partial charge in [0.05, 0.1) is 25.9 Å². The maximum Gasteiger partial charge on any atom is 0.408 e. The molecule has 0 saturated carbocycles. The van der Waals surface area contributed by atoms with Crippen molar-refractivity contribution in [2.24, 2.45) is 0 Å². The van der Waals surface area contributed by atoms with E-state index in [2.05, 4.69) is 4.98 Å². The molecule has 0 amide bonds. The first-order valence-corrected chi connectivity index (χ1v) is 9.17. The Balaban J connectivity index is 1.95. The van der Waals surface area contributed by atoms with Gasteiger partial charge in [0.2, 0.25) is 5.95 Å². The quantitative estimate of drug-likeness (QED) is 0.762. The lowest BCUT2D eigenvalue weighted by Gasteiger charge is -2.39. The van der Waals surface area contributed by atoms with Crippen molar-refractivity contribution in [2.75, 3.05) is 49.3 Å². The summed E-state index contributed by atoms with van der Waals surface area (Å²) in [5.41, 5.74) is -0.336. The third-order valence-corrected chi connectivity index (χ3v) is 4.73. The highest BCUT2D eigenvalue weighted by atomic mass is 19.4. The zero-order valence-corrected chi connectivity index (χ0v) is 15.5. The van der Waals surface area contributed by atoms with Gasteiger partial charge in [0.15, 0.2) is 0 Å². The number of anilines is 2. The summed E-state index contributed by atoms with van der Waals surface area (Å²) in [6, 6.07) is -0.286. The van der Waals surface area contributed by atoms with Crippen LogP contribution in [0.5, 0.6) is 0 Å². The summed E-state index contributed by atoms with van der Waals surface area (Å²) in [4.78, 5) is 20.0. The molecule has 0 unspecified atom stereocenters. The molecule has 0 spiro atoms. The van der Waals surface area contributed by atoms with E-state index in [1.54, 1.807) is 0 Å². The van der Waals surface area contributed by atoms with Gasteiger partial charge in [-0.25, -0.2) is 0 Å². The molecule has 3 rings (SSSR count). The van der Waals surface area contributed by atoms with Crippen LogP contribution in [0.1, 0.15) is 20.3 Å². The largest absolute Gasteiger partial charge is 0.408 e. The van der Waals surface area contributed by atoms with Crippen molar-refractivity contribution < 1.29 is 22.6 Å². The molecule has 1 atom stereocenters. The summed E-state index contributed by atoms with van der Waals surface area (Å²) in [5, 5.41) is 0. The van der Waals surface area contributed by atoms with Crippen LogP contribution in [0.2, 0.25) is 0 Å². The van der Waals surface area contributed by atoms with Crippen molar-refractivity contribution in [1.29, 1.82) is 0 Å². The maximum absolute atomic E-state index is 13.6. The standard InChI is InChI=1S/C17H25F3N4O3/c1-12(2)27-10-7-23-13(17(18,19)20)3-4-24-15(25)11-14(21-16(23)24)22-5-8-26-9-6-22/h11-13H,3-10H2,1-2H3/t13-/m0/s1. The van der Waals surface area contributed by atoms with E-state index in [0.29, 0.717) is 32.1 Å². The van der Waals surface area contributed by atoms with Crippen LogP contribution in [0.4, 0.5) is 24.9 Å². The number of halogens is 3. The van der Waals surface area contributed by atoms with E-state index in [1.165, 1.54) is 10.6 Å². The molecule has 1 fully saturated rings. The normalized spacial score (nSPS) is 20.9. The van der Waals surface area contributed by atoms with Gasteiger partial charge in [0.25, 0.3) is 5.56 Å². The highest BCUT2D eigenvalue weighted by Gasteiger charge is 2.46. The third kappa shape index (κ3) is 4.55. The Morgan fingerprint density at radius 2 is 2.00 bits per heavy atom. The molecular weight excluding hydrogens is 365 g/mol. The summed E-state index contributed by atoms with van der Waals surface area (Å²) >= 11 is 0. The van der Waals surface area contributed by atoms with Crippen LogP contribution in [0, 0.1) is 0 Å². The molecule has 152 valence electrons. The average molecular weight is 390 g/mol. The lowest BCUT2D eigenvalue weighted by Crippen LogP contribution is -2.53. The summed E-state index contributed by atoms with van der Waals surface area (Å²) in [6.07, 6.45) is -4.68. The molecule has 1 aromatic rings. The second-order valence-electron chi connectivity index (χ2n) is 6.96. The minimum absolute atomic E-state index is 0.00370. The molecule has 0 radical (unpaired) electrons. The smallest absolute Gasteiger partial charge is 0.378 e. The number of fused-ring (bicyclic) bond motifs is 1. The van der Waals surface area contributed by atoms with Crippen LogP contribution >= 0.6 is 0 Å². The van der Waals surface area contributed by atoms with Crippen molar-refractivity contribution in [3.05, 3.63) is 16.4 Å². The van der Waals surface area contributed by atoms with E-state index in [0.717, 1.165) is 4.90 Å². The Labute approximate surface area is 155 Å². The molecule has 2 aliphatic rings. The molecule has 1 saturated heterocycles. The van der Waals surface area contributed by atoms with Crippen LogP contribution in [0.15, 0.2) is 10.9 Å². The molecule has 0 N–H and O–H groups in total. The molecule has 0 aliphatic carbocycles. The molecule has 0 bridgehead atoms. The first kappa shape index (κ1) is 19.9. The molecule has 0 aromatic carbocycles. The Morgan fingerprint density at radius 1 is 1.30 bits per heavy atom. The van der Waals surface area contributed by atoms with Gasteiger partial charge in [-0.3, -0.25) is 9.36 Å². The van der Waals surface area contributed by atoms with Crippen LogP contribution in [0.3, 0.4) is 0 Å². The molecular formula is C17H25F3N4O3. The van der Waals surface area contributed by atoms with Crippen LogP contribution in [0.25, 0.3) is 0 Å². The molecule has 2 aliphatic heterocycles. The summed E-state index contributed by atoms with van der Waals surface area (Å²) < 4.78 is 52.9. The topological polar surface area (TPSA) is 59.8 Å². The zero-order valence-electron chi connectivity index (χ0n) is 15.5. The Kier molecular flexibility index (Phi) is 5.95. The van der Waals surface area contributed by atoms with E-state index in [-0.39, 0.29) is 43.7 Å². The fourth-order valence-corrected chi connectivity index (χ4v) is 3.40. The fraction of sp³-hybridized carbons (Fsp3) is 0.765. The number of aromatic nitrogens is 2. The van der Waals surface area contributed by atoms with Crippen molar-refractivity contribution in [2.45, 2.75) is 45.1 Å². The third-order valence-electron chi connectivity index (χ3n) is 4.73. The van der Waals surface area contributed by atoms with E-state index < -0.39 is 12.2 Å². The number of hydrogen-bond acceptors (Lipinski definition) is 6. The number of morpholine rings is 1. The predicted molar refractivity (Wildman–Crippen MR) is 94.4 cm³/mol. The molecule has 27 heavy (non-hydrogen) atoms. The molecule has 1 aromatic heterocycles. The lowest BCUT2D eigenvalue weighted by molar-refractivity contribution is -0.153. The average Bonchev–Trinajstić information content (AvgIpc) is 2.61.